The molecule has 0 N–H and O–H groups in total. The van der Waals surface area contributed by atoms with Crippen LogP contribution in [0.5, 0.6) is 0 Å². The third-order valence-corrected chi connectivity index (χ3v) is 6.54. The van der Waals surface area contributed by atoms with E-state index >= 15 is 0 Å². The first-order valence-corrected chi connectivity index (χ1v) is 11.1. The van der Waals surface area contributed by atoms with Crippen molar-refractivity contribution in [2.75, 3.05) is 32.7 Å². The molecule has 2 saturated heterocycles. The fraction of sp³-hybridized carbons (Fsp3) is 0.682. The van der Waals surface area contributed by atoms with Gasteiger partial charge in [-0.25, -0.2) is 9.50 Å². The summed E-state index contributed by atoms with van der Waals surface area (Å²) in [6, 6.07) is 2.73. The predicted molar refractivity (Wildman–Crippen MR) is 111 cm³/mol. The zero-order valence-corrected chi connectivity index (χ0v) is 18.3. The van der Waals surface area contributed by atoms with Gasteiger partial charge in [0.2, 0.25) is 5.91 Å². The monoisotopic (exact) mass is 437 g/mol. The molecule has 2 fully saturated rings. The minimum atomic E-state index is -4.52. The summed E-state index contributed by atoms with van der Waals surface area (Å²) in [4.78, 5) is 21.2. The van der Waals surface area contributed by atoms with E-state index in [0.29, 0.717) is 43.4 Å². The normalized spacial score (nSPS) is 21.5. The maximum absolute atomic E-state index is 13.6. The molecule has 2 aliphatic rings. The van der Waals surface area contributed by atoms with Crippen LogP contribution in [-0.4, -0.2) is 63.0 Å². The number of rotatable bonds is 4. The standard InChI is InChI=1S/C22H30F3N5O/c1-14(2)17-10-19(22(23,24)25)30-20(26-17)11-18(27-30)16-6-9-29(12-16)21(31)13-28-7-4-15(3)5-8-28/h10-11,14-16H,4-9,12-13H2,1-3H3. The Bertz CT molecular complexity index is 947. The van der Waals surface area contributed by atoms with Gasteiger partial charge in [-0.1, -0.05) is 20.8 Å². The number of alkyl halides is 3. The van der Waals surface area contributed by atoms with Gasteiger partial charge in [0.05, 0.1) is 12.2 Å². The molecule has 31 heavy (non-hydrogen) atoms. The Kier molecular flexibility index (Phi) is 5.98. The Balaban J connectivity index is 1.50. The molecule has 1 amide bonds. The Morgan fingerprint density at radius 1 is 1.16 bits per heavy atom. The van der Waals surface area contributed by atoms with Crippen LogP contribution >= 0.6 is 0 Å². The van der Waals surface area contributed by atoms with E-state index in [1.165, 1.54) is 0 Å². The van der Waals surface area contributed by atoms with Crippen molar-refractivity contribution in [3.63, 3.8) is 0 Å². The lowest BCUT2D eigenvalue weighted by Crippen LogP contribution is -2.42. The van der Waals surface area contributed by atoms with Crippen molar-refractivity contribution in [1.29, 1.82) is 0 Å². The van der Waals surface area contributed by atoms with E-state index in [4.69, 9.17) is 0 Å². The summed E-state index contributed by atoms with van der Waals surface area (Å²) in [5.74, 6) is 0.610. The van der Waals surface area contributed by atoms with Crippen LogP contribution in [0.3, 0.4) is 0 Å². The second-order valence-electron chi connectivity index (χ2n) is 9.34. The van der Waals surface area contributed by atoms with E-state index in [-0.39, 0.29) is 23.4 Å². The molecule has 9 heteroatoms. The molecule has 4 heterocycles. The smallest absolute Gasteiger partial charge is 0.341 e. The summed E-state index contributed by atoms with van der Waals surface area (Å²) in [5, 5.41) is 4.27. The number of hydrogen-bond donors (Lipinski definition) is 0. The predicted octanol–water partition coefficient (Wildman–Crippen LogP) is 3.92. The number of piperidine rings is 1. The number of aromatic nitrogens is 3. The summed E-state index contributed by atoms with van der Waals surface area (Å²) in [6.07, 6.45) is -1.59. The Morgan fingerprint density at radius 2 is 1.87 bits per heavy atom. The number of carbonyl (C=O) groups excluding carboxylic acids is 1. The molecule has 0 aliphatic carbocycles. The molecule has 0 saturated carbocycles. The topological polar surface area (TPSA) is 53.7 Å². The minimum absolute atomic E-state index is 0.0735. The van der Waals surface area contributed by atoms with Gasteiger partial charge in [0.1, 0.15) is 5.69 Å². The van der Waals surface area contributed by atoms with Gasteiger partial charge in [0.25, 0.3) is 0 Å². The summed E-state index contributed by atoms with van der Waals surface area (Å²) in [7, 11) is 0. The molecule has 170 valence electrons. The van der Waals surface area contributed by atoms with Crippen molar-refractivity contribution in [3.8, 4) is 0 Å². The molecule has 0 radical (unpaired) electrons. The first-order chi connectivity index (χ1) is 14.6. The molecule has 0 aromatic carbocycles. The van der Waals surface area contributed by atoms with Crippen LogP contribution in [-0.2, 0) is 11.0 Å². The third kappa shape index (κ3) is 4.71. The lowest BCUT2D eigenvalue weighted by Gasteiger charge is -2.30. The number of carbonyl (C=O) groups is 1. The van der Waals surface area contributed by atoms with Crippen molar-refractivity contribution in [3.05, 3.63) is 29.2 Å². The van der Waals surface area contributed by atoms with Crippen LogP contribution in [0.25, 0.3) is 5.65 Å². The number of amides is 1. The molecule has 0 bridgehead atoms. The average molecular weight is 438 g/mol. The Morgan fingerprint density at radius 3 is 2.52 bits per heavy atom. The molecule has 0 spiro atoms. The maximum atomic E-state index is 13.6. The first-order valence-electron chi connectivity index (χ1n) is 11.1. The highest BCUT2D eigenvalue weighted by Gasteiger charge is 2.36. The number of halogens is 3. The fourth-order valence-corrected chi connectivity index (χ4v) is 4.45. The molecule has 2 aromatic rings. The van der Waals surface area contributed by atoms with E-state index in [2.05, 4.69) is 21.9 Å². The van der Waals surface area contributed by atoms with E-state index in [0.717, 1.165) is 36.5 Å². The average Bonchev–Trinajstić information content (AvgIpc) is 3.35. The number of hydrogen-bond acceptors (Lipinski definition) is 4. The van der Waals surface area contributed by atoms with Crippen molar-refractivity contribution in [1.82, 2.24) is 24.4 Å². The summed E-state index contributed by atoms with van der Waals surface area (Å²) in [5.41, 5.74) is 0.366. The molecule has 2 aromatic heterocycles. The van der Waals surface area contributed by atoms with Crippen LogP contribution in [0.1, 0.15) is 69.0 Å². The zero-order valence-electron chi connectivity index (χ0n) is 18.3. The van der Waals surface area contributed by atoms with Crippen LogP contribution in [0.15, 0.2) is 12.1 Å². The fourth-order valence-electron chi connectivity index (χ4n) is 4.45. The molecule has 2 aliphatic heterocycles. The molecule has 6 nitrogen and oxygen atoms in total. The summed E-state index contributed by atoms with van der Waals surface area (Å²) < 4.78 is 41.8. The summed E-state index contributed by atoms with van der Waals surface area (Å²) in [6.45, 7) is 9.29. The lowest BCUT2D eigenvalue weighted by atomic mass is 9.99. The second-order valence-corrected chi connectivity index (χ2v) is 9.34. The summed E-state index contributed by atoms with van der Waals surface area (Å²) >= 11 is 0. The molecular weight excluding hydrogens is 407 g/mol. The van der Waals surface area contributed by atoms with Gasteiger partial charge in [-0.15, -0.1) is 0 Å². The number of fused-ring (bicyclic) bond motifs is 1. The van der Waals surface area contributed by atoms with E-state index < -0.39 is 11.9 Å². The van der Waals surface area contributed by atoms with Gasteiger partial charge in [-0.3, -0.25) is 9.69 Å². The van der Waals surface area contributed by atoms with Crippen LogP contribution in [0.2, 0.25) is 0 Å². The Hall–Kier alpha value is -2.16. The quantitative estimate of drug-likeness (QED) is 0.728. The van der Waals surface area contributed by atoms with E-state index in [1.807, 2.05) is 18.7 Å². The van der Waals surface area contributed by atoms with Crippen molar-refractivity contribution >= 4 is 11.6 Å². The minimum Gasteiger partial charge on any atom is -0.341 e. The van der Waals surface area contributed by atoms with Crippen LogP contribution < -0.4 is 0 Å². The van der Waals surface area contributed by atoms with Crippen LogP contribution in [0, 0.1) is 5.92 Å². The number of likely N-dealkylation sites (tertiary alicyclic amines) is 2. The second kappa shape index (κ2) is 8.41. The molecule has 1 atom stereocenters. The van der Waals surface area contributed by atoms with Crippen LogP contribution in [0.4, 0.5) is 13.2 Å². The van der Waals surface area contributed by atoms with Gasteiger partial charge in [0, 0.05) is 30.8 Å². The zero-order chi connectivity index (χ0) is 22.3. The van der Waals surface area contributed by atoms with Gasteiger partial charge < -0.3 is 4.90 Å². The lowest BCUT2D eigenvalue weighted by molar-refractivity contribution is -0.142. The third-order valence-electron chi connectivity index (χ3n) is 6.54. The SMILES string of the molecule is CC1CCN(CC(=O)N2CCC(c3cc4nc(C(C)C)cc(C(F)(F)F)n4n3)C2)CC1. The van der Waals surface area contributed by atoms with Gasteiger partial charge in [0.15, 0.2) is 5.65 Å². The highest BCUT2D eigenvalue weighted by molar-refractivity contribution is 5.78. The van der Waals surface area contributed by atoms with E-state index in [1.54, 1.807) is 6.07 Å². The first kappa shape index (κ1) is 22.0. The Labute approximate surface area is 180 Å². The van der Waals surface area contributed by atoms with Crippen molar-refractivity contribution in [2.24, 2.45) is 5.92 Å². The highest BCUT2D eigenvalue weighted by Crippen LogP contribution is 2.33. The van der Waals surface area contributed by atoms with Crippen molar-refractivity contribution in [2.45, 2.75) is 58.0 Å². The van der Waals surface area contributed by atoms with E-state index in [9.17, 15) is 18.0 Å². The highest BCUT2D eigenvalue weighted by atomic mass is 19.4. The van der Waals surface area contributed by atoms with Gasteiger partial charge in [-0.2, -0.15) is 18.3 Å². The molecular formula is C22H30F3N5O. The van der Waals surface area contributed by atoms with Gasteiger partial charge >= 0.3 is 6.18 Å². The largest absolute Gasteiger partial charge is 0.433 e. The van der Waals surface area contributed by atoms with Crippen molar-refractivity contribution < 1.29 is 18.0 Å². The number of nitrogens with zero attached hydrogens (tertiary/aromatic N) is 5. The molecule has 4 rings (SSSR count). The maximum Gasteiger partial charge on any atom is 0.433 e. The van der Waals surface area contributed by atoms with Gasteiger partial charge in [-0.05, 0) is 50.3 Å². The molecule has 1 unspecified atom stereocenters.